The first-order chi connectivity index (χ1) is 29.4. The number of hydrogen-bond donors (Lipinski definition) is 7. The quantitative estimate of drug-likeness (QED) is 0.0255. The van der Waals surface area contributed by atoms with E-state index in [1.165, 1.54) is 49.4 Å². The van der Waals surface area contributed by atoms with Gasteiger partial charge in [-0.3, -0.25) is 24.0 Å². The van der Waals surface area contributed by atoms with Crippen LogP contribution in [-0.4, -0.2) is 58.8 Å². The largest absolute Gasteiger partial charge is 0.424 e. The summed E-state index contributed by atoms with van der Waals surface area (Å²) in [6, 6.07) is 24.5. The van der Waals surface area contributed by atoms with Crippen molar-refractivity contribution in [1.82, 2.24) is 15.3 Å². The Hall–Kier alpha value is -7.97. The molecule has 0 fully saturated rings. The van der Waals surface area contributed by atoms with Gasteiger partial charge < -0.3 is 48.4 Å². The zero-order valence-corrected chi connectivity index (χ0v) is 32.9. The van der Waals surface area contributed by atoms with Crippen molar-refractivity contribution < 1.29 is 33.4 Å². The Labute approximate surface area is 349 Å². The number of amides is 3. The average molecular weight is 830 g/mol. The molecule has 0 aliphatic rings. The highest BCUT2D eigenvalue weighted by Gasteiger charge is 2.17. The number of nitrogens with one attached hydrogen (secondary N) is 3. The van der Waals surface area contributed by atoms with E-state index in [1.54, 1.807) is 54.6 Å². The van der Waals surface area contributed by atoms with Crippen LogP contribution in [0.15, 0.2) is 118 Å². The van der Waals surface area contributed by atoms with E-state index in [0.29, 0.717) is 30.5 Å². The first kappa shape index (κ1) is 44.1. The summed E-state index contributed by atoms with van der Waals surface area (Å²) in [5.41, 5.74) is 25.1. The van der Waals surface area contributed by atoms with Crippen LogP contribution in [0.3, 0.4) is 0 Å². The smallest absolute Gasteiger partial charge is 0.315 e. The van der Waals surface area contributed by atoms with Gasteiger partial charge in [-0.05, 0) is 85.6 Å². The maximum absolute atomic E-state index is 13.2. The van der Waals surface area contributed by atoms with Crippen LogP contribution in [0.5, 0.6) is 11.5 Å². The number of para-hydroxylation sites is 1. The van der Waals surface area contributed by atoms with Crippen molar-refractivity contribution in [2.75, 3.05) is 35.2 Å². The number of carbonyl (C=O) groups is 5. The molecule has 0 spiro atoms. The molecule has 2 heterocycles. The molecule has 314 valence electrons. The van der Waals surface area contributed by atoms with Crippen LogP contribution in [0, 0.1) is 0 Å². The van der Waals surface area contributed by atoms with Gasteiger partial charge in [-0.2, -0.15) is 0 Å². The lowest BCUT2D eigenvalue weighted by atomic mass is 10.1. The molecule has 20 heteroatoms. The van der Waals surface area contributed by atoms with Gasteiger partial charge in [-0.1, -0.05) is 42.8 Å². The Morgan fingerprint density at radius 2 is 1.30 bits per heavy atom. The van der Waals surface area contributed by atoms with Gasteiger partial charge in [0, 0.05) is 12.5 Å². The number of azo groups is 2. The van der Waals surface area contributed by atoms with Gasteiger partial charge in [0.2, 0.25) is 11.8 Å². The number of esters is 2. The van der Waals surface area contributed by atoms with Crippen molar-refractivity contribution in [3.63, 3.8) is 0 Å². The lowest BCUT2D eigenvalue weighted by Gasteiger charge is -2.12. The molecule has 0 aliphatic carbocycles. The third-order valence-electron chi connectivity index (χ3n) is 8.32. The summed E-state index contributed by atoms with van der Waals surface area (Å²) in [5.74, 6) is -2.28. The fourth-order valence-electron chi connectivity index (χ4n) is 5.30. The molecule has 1 atom stereocenters. The summed E-state index contributed by atoms with van der Waals surface area (Å²) >= 11 is 0. The van der Waals surface area contributed by atoms with E-state index in [-0.39, 0.29) is 70.5 Å². The maximum atomic E-state index is 13.2. The Balaban J connectivity index is 1.21. The molecule has 0 saturated heterocycles. The van der Waals surface area contributed by atoms with Crippen molar-refractivity contribution in [2.45, 2.75) is 38.6 Å². The van der Waals surface area contributed by atoms with Gasteiger partial charge >= 0.3 is 11.9 Å². The SMILES string of the molecule is CC(=O)Oc1ccc(CC(=O)Oc2ccccc2N=Nc2ccc(NC(=O)CNC(=O)c3ccccc3)nc2N)cc1N=Nc1ccc(NC(=O)[C@@H](N)CCCCN)nc1N. The average Bonchev–Trinajstić information content (AvgIpc) is 3.23. The highest BCUT2D eigenvalue weighted by atomic mass is 16.5. The highest BCUT2D eigenvalue weighted by Crippen LogP contribution is 2.34. The second-order valence-electron chi connectivity index (χ2n) is 13.1. The van der Waals surface area contributed by atoms with Gasteiger partial charge in [0.1, 0.15) is 34.4 Å². The number of aromatic nitrogens is 2. The molecule has 3 amide bonds. The van der Waals surface area contributed by atoms with Crippen molar-refractivity contribution in [2.24, 2.45) is 31.9 Å². The fraction of sp³-hybridized carbons (Fsp3) is 0.195. The Morgan fingerprint density at radius 3 is 1.95 bits per heavy atom. The second kappa shape index (κ2) is 21.7. The number of hydrogen-bond acceptors (Lipinski definition) is 17. The predicted octanol–water partition coefficient (Wildman–Crippen LogP) is 5.31. The third-order valence-corrected chi connectivity index (χ3v) is 8.32. The van der Waals surface area contributed by atoms with Crippen LogP contribution in [0.4, 0.5) is 46.0 Å². The van der Waals surface area contributed by atoms with E-state index in [0.717, 1.165) is 6.42 Å². The van der Waals surface area contributed by atoms with Crippen LogP contribution in [0.2, 0.25) is 0 Å². The number of rotatable bonds is 18. The van der Waals surface area contributed by atoms with Crippen molar-refractivity contribution in [1.29, 1.82) is 0 Å². The molecule has 2 aromatic heterocycles. The second-order valence-corrected chi connectivity index (χ2v) is 13.1. The number of benzene rings is 3. The van der Waals surface area contributed by atoms with Crippen LogP contribution in [0.1, 0.15) is 42.1 Å². The number of nitrogens with two attached hydrogens (primary N) is 4. The molecule has 0 aliphatic heterocycles. The molecule has 61 heavy (non-hydrogen) atoms. The number of nitrogen functional groups attached to an aromatic ring is 2. The molecule has 0 radical (unpaired) electrons. The monoisotopic (exact) mass is 829 g/mol. The normalized spacial score (nSPS) is 11.5. The molecule has 0 bridgehead atoms. The van der Waals surface area contributed by atoms with Gasteiger partial charge in [-0.25, -0.2) is 9.97 Å². The number of pyridine rings is 2. The molecule has 11 N–H and O–H groups in total. The number of unbranched alkanes of at least 4 members (excludes halogenated alkanes) is 1. The van der Waals surface area contributed by atoms with E-state index in [2.05, 4.69) is 46.4 Å². The Bertz CT molecular complexity index is 2450. The minimum atomic E-state index is -0.745. The predicted molar refractivity (Wildman–Crippen MR) is 226 cm³/mol. The first-order valence-electron chi connectivity index (χ1n) is 18.8. The van der Waals surface area contributed by atoms with Crippen LogP contribution in [-0.2, 0) is 25.6 Å². The van der Waals surface area contributed by atoms with E-state index in [4.69, 9.17) is 32.4 Å². The summed E-state index contributed by atoms with van der Waals surface area (Å²) < 4.78 is 10.9. The molecule has 5 aromatic rings. The Morgan fingerprint density at radius 1 is 0.689 bits per heavy atom. The number of anilines is 4. The Kier molecular flexibility index (Phi) is 15.7. The number of nitrogens with zero attached hydrogens (tertiary/aromatic N) is 6. The van der Waals surface area contributed by atoms with Gasteiger partial charge in [0.25, 0.3) is 5.91 Å². The number of carbonyl (C=O) groups excluding carboxylic acids is 5. The fourth-order valence-corrected chi connectivity index (χ4v) is 5.30. The summed E-state index contributed by atoms with van der Waals surface area (Å²) in [5, 5.41) is 24.4. The number of ether oxygens (including phenoxy) is 2. The third kappa shape index (κ3) is 13.6. The van der Waals surface area contributed by atoms with Crippen LogP contribution < -0.4 is 48.4 Å². The molecular formula is C41H43N13O7. The summed E-state index contributed by atoms with van der Waals surface area (Å²) in [7, 11) is 0. The molecule has 0 unspecified atom stereocenters. The van der Waals surface area contributed by atoms with E-state index in [9.17, 15) is 24.0 Å². The van der Waals surface area contributed by atoms with E-state index in [1.807, 2.05) is 0 Å². The summed E-state index contributed by atoms with van der Waals surface area (Å²) in [4.78, 5) is 70.4. The summed E-state index contributed by atoms with van der Waals surface area (Å²) in [6.07, 6.45) is 1.68. The van der Waals surface area contributed by atoms with Gasteiger partial charge in [-0.15, -0.1) is 20.5 Å². The van der Waals surface area contributed by atoms with Crippen molar-refractivity contribution in [3.8, 4) is 11.5 Å². The summed E-state index contributed by atoms with van der Waals surface area (Å²) in [6.45, 7) is 1.44. The molecule has 5 rings (SSSR count). The van der Waals surface area contributed by atoms with Crippen molar-refractivity contribution in [3.05, 3.63) is 108 Å². The van der Waals surface area contributed by atoms with E-state index < -0.39 is 35.7 Å². The molecule has 20 nitrogen and oxygen atoms in total. The minimum Gasteiger partial charge on any atom is -0.424 e. The van der Waals surface area contributed by atoms with E-state index >= 15 is 0 Å². The zero-order chi connectivity index (χ0) is 43.7. The first-order valence-corrected chi connectivity index (χ1v) is 18.8. The minimum absolute atomic E-state index is 0.0505. The van der Waals surface area contributed by atoms with Gasteiger partial charge in [0.05, 0.1) is 19.0 Å². The van der Waals surface area contributed by atoms with Crippen LogP contribution >= 0.6 is 0 Å². The van der Waals surface area contributed by atoms with Gasteiger partial charge in [0.15, 0.2) is 23.1 Å². The molecular weight excluding hydrogens is 787 g/mol. The maximum Gasteiger partial charge on any atom is 0.315 e. The highest BCUT2D eigenvalue weighted by molar-refractivity contribution is 5.99. The van der Waals surface area contributed by atoms with Crippen LogP contribution in [0.25, 0.3) is 0 Å². The van der Waals surface area contributed by atoms with Crippen molar-refractivity contribution >= 4 is 75.7 Å². The lowest BCUT2D eigenvalue weighted by Crippen LogP contribution is -2.35. The topological polar surface area (TPSA) is 319 Å². The molecule has 3 aromatic carbocycles. The molecule has 0 saturated carbocycles. The zero-order valence-electron chi connectivity index (χ0n) is 32.9. The standard InChI is InChI=1S/C41H43N13O7/c1-24(55)60-33-17-14-25(21-31(33)54-53-30-16-19-35(49-39(30)45)50-41(59)27(43)11-7-8-20-42)22-37(57)61-32-13-6-5-12-28(32)51-52-29-15-18-34(48-38(29)44)47-36(56)23-46-40(58)26-9-3-2-4-10-26/h2-6,9-10,12-19,21,27H,7-8,11,20,22-23,42-43H2,1H3,(H,46,58)(H3,44,47,48,56)(H3,45,49,50,59)/t27-/m0/s1. The lowest BCUT2D eigenvalue weighted by molar-refractivity contribution is -0.134.